The number of carbonyl (C=O) groups excluding carboxylic acids is 2. The number of para-hydroxylation sites is 1. The summed E-state index contributed by atoms with van der Waals surface area (Å²) in [5, 5.41) is 28.2. The van der Waals surface area contributed by atoms with Crippen molar-refractivity contribution in [3.8, 4) is 0 Å². The van der Waals surface area contributed by atoms with Gasteiger partial charge in [0.25, 0.3) is 11.8 Å². The average molecular weight is 410 g/mol. The van der Waals surface area contributed by atoms with Crippen molar-refractivity contribution in [2.75, 3.05) is 10.6 Å². The molecule has 0 atom stereocenters. The van der Waals surface area contributed by atoms with Crippen molar-refractivity contribution in [2.24, 2.45) is 0 Å². The number of hydrogen-bond acceptors (Lipinski definition) is 6. The minimum Gasteiger partial charge on any atom is -0.477 e. The highest BCUT2D eigenvalue weighted by Crippen LogP contribution is 2.29. The Morgan fingerprint density at radius 1 is 1.03 bits per heavy atom. The molecule has 0 aliphatic rings. The Kier molecular flexibility index (Phi) is 4.56. The maximum absolute atomic E-state index is 12.8. The number of H-pyrrole nitrogens is 2. The summed E-state index contributed by atoms with van der Waals surface area (Å²) in [4.78, 5) is 36.9. The number of amides is 2. The third-order valence-corrected chi connectivity index (χ3v) is 5.09. The topological polar surface area (TPSA) is 153 Å². The van der Waals surface area contributed by atoms with Crippen LogP contribution in [0, 0.1) is 6.92 Å². The minimum absolute atomic E-state index is 0.131. The van der Waals surface area contributed by atoms with Crippen LogP contribution >= 0.6 is 11.3 Å². The van der Waals surface area contributed by atoms with E-state index < -0.39 is 17.8 Å². The first-order chi connectivity index (χ1) is 13.9. The lowest BCUT2D eigenvalue weighted by Gasteiger charge is -2.09. The van der Waals surface area contributed by atoms with Crippen molar-refractivity contribution >= 4 is 50.8 Å². The second-order valence-electron chi connectivity index (χ2n) is 6.12. The monoisotopic (exact) mass is 410 g/mol. The van der Waals surface area contributed by atoms with Crippen LogP contribution in [0.15, 0.2) is 36.4 Å². The van der Waals surface area contributed by atoms with E-state index in [9.17, 15) is 14.4 Å². The SMILES string of the molecule is Cc1cc(C(=O)Nc2ccccc2C(=O)Nc2n[nH]c3sc(C(=O)O)cc23)n[nH]1. The first-order valence-electron chi connectivity index (χ1n) is 8.37. The molecule has 0 unspecified atom stereocenters. The van der Waals surface area contributed by atoms with Gasteiger partial charge in [-0.05, 0) is 31.2 Å². The van der Waals surface area contributed by atoms with Crippen LogP contribution in [0.1, 0.15) is 36.2 Å². The second-order valence-corrected chi connectivity index (χ2v) is 7.17. The zero-order valence-electron chi connectivity index (χ0n) is 14.9. The molecule has 0 spiro atoms. The van der Waals surface area contributed by atoms with Crippen LogP contribution < -0.4 is 10.6 Å². The number of aromatic nitrogens is 4. The van der Waals surface area contributed by atoms with E-state index in [1.165, 1.54) is 6.07 Å². The molecule has 0 bridgehead atoms. The molecule has 29 heavy (non-hydrogen) atoms. The van der Waals surface area contributed by atoms with Gasteiger partial charge >= 0.3 is 5.97 Å². The number of carboxylic acids is 1. The van der Waals surface area contributed by atoms with Crippen molar-refractivity contribution in [3.63, 3.8) is 0 Å². The average Bonchev–Trinajstić information content (AvgIpc) is 3.39. The highest BCUT2D eigenvalue weighted by Gasteiger charge is 2.19. The number of hydrogen-bond donors (Lipinski definition) is 5. The van der Waals surface area contributed by atoms with Crippen molar-refractivity contribution < 1.29 is 19.5 Å². The first-order valence-corrected chi connectivity index (χ1v) is 9.19. The lowest BCUT2D eigenvalue weighted by atomic mass is 10.1. The smallest absolute Gasteiger partial charge is 0.345 e. The van der Waals surface area contributed by atoms with Crippen LogP contribution in [0.4, 0.5) is 11.5 Å². The highest BCUT2D eigenvalue weighted by atomic mass is 32.1. The molecular formula is C18H14N6O4S. The van der Waals surface area contributed by atoms with E-state index >= 15 is 0 Å². The van der Waals surface area contributed by atoms with Gasteiger partial charge in [-0.1, -0.05) is 12.1 Å². The maximum atomic E-state index is 12.8. The normalized spacial score (nSPS) is 10.8. The Morgan fingerprint density at radius 2 is 1.83 bits per heavy atom. The van der Waals surface area contributed by atoms with Gasteiger partial charge in [0, 0.05) is 5.69 Å². The summed E-state index contributed by atoms with van der Waals surface area (Å²) in [7, 11) is 0. The van der Waals surface area contributed by atoms with Gasteiger partial charge in [0.15, 0.2) is 11.5 Å². The molecule has 3 aromatic heterocycles. The molecular weight excluding hydrogens is 396 g/mol. The van der Waals surface area contributed by atoms with E-state index in [0.29, 0.717) is 15.9 Å². The van der Waals surface area contributed by atoms with E-state index in [2.05, 4.69) is 31.0 Å². The molecule has 0 saturated carbocycles. The summed E-state index contributed by atoms with van der Waals surface area (Å²) in [5.41, 5.74) is 1.46. The van der Waals surface area contributed by atoms with Crippen LogP contribution in [0.5, 0.6) is 0 Å². The zero-order chi connectivity index (χ0) is 20.5. The first kappa shape index (κ1) is 18.4. The summed E-state index contributed by atoms with van der Waals surface area (Å²) >= 11 is 1.02. The Hall–Kier alpha value is -3.99. The largest absolute Gasteiger partial charge is 0.477 e. The van der Waals surface area contributed by atoms with Crippen molar-refractivity contribution in [2.45, 2.75) is 6.92 Å². The van der Waals surface area contributed by atoms with E-state index in [4.69, 9.17) is 5.11 Å². The molecule has 0 fully saturated rings. The number of rotatable bonds is 5. The van der Waals surface area contributed by atoms with Crippen LogP contribution in [0.25, 0.3) is 10.2 Å². The van der Waals surface area contributed by atoms with Crippen LogP contribution in [0.2, 0.25) is 0 Å². The quantitative estimate of drug-likeness (QED) is 0.341. The molecule has 3 heterocycles. The summed E-state index contributed by atoms with van der Waals surface area (Å²) in [5.74, 6) is -1.81. The van der Waals surface area contributed by atoms with E-state index in [0.717, 1.165) is 17.0 Å². The Morgan fingerprint density at radius 3 is 2.55 bits per heavy atom. The molecule has 4 rings (SSSR count). The summed E-state index contributed by atoms with van der Waals surface area (Å²) < 4.78 is 0. The molecule has 1 aromatic carbocycles. The van der Waals surface area contributed by atoms with E-state index in [1.807, 2.05) is 0 Å². The minimum atomic E-state index is -1.06. The van der Waals surface area contributed by atoms with E-state index in [1.54, 1.807) is 37.3 Å². The standard InChI is InChI=1S/C18H14N6O4S/c1-8-6-12(22-21-8)16(26)19-11-5-3-2-4-9(11)15(25)20-14-10-7-13(18(27)28)29-17(10)24-23-14/h2-7H,1H3,(H,19,26)(H,21,22)(H,27,28)(H2,20,23,24,25). The number of fused-ring (bicyclic) bond motifs is 1. The van der Waals surface area contributed by atoms with Crippen molar-refractivity contribution in [1.82, 2.24) is 20.4 Å². The number of aryl methyl sites for hydroxylation is 1. The molecule has 146 valence electrons. The summed E-state index contributed by atoms with van der Waals surface area (Å²) in [6.45, 7) is 1.77. The summed E-state index contributed by atoms with van der Waals surface area (Å²) in [6, 6.07) is 9.54. The molecule has 0 saturated heterocycles. The second kappa shape index (κ2) is 7.20. The predicted molar refractivity (Wildman–Crippen MR) is 107 cm³/mol. The van der Waals surface area contributed by atoms with Crippen molar-refractivity contribution in [3.05, 3.63) is 58.2 Å². The van der Waals surface area contributed by atoms with E-state index in [-0.39, 0.29) is 22.0 Å². The number of aromatic carboxylic acids is 1. The molecule has 0 radical (unpaired) electrons. The predicted octanol–water partition coefficient (Wildman–Crippen LogP) is 2.86. The Balaban J connectivity index is 1.58. The molecule has 2 amide bonds. The number of aromatic amines is 2. The van der Waals surface area contributed by atoms with Gasteiger partial charge in [-0.3, -0.25) is 19.8 Å². The van der Waals surface area contributed by atoms with Gasteiger partial charge in [-0.25, -0.2) is 4.79 Å². The number of benzene rings is 1. The fourth-order valence-corrected chi connectivity index (χ4v) is 3.54. The fourth-order valence-electron chi connectivity index (χ4n) is 2.70. The van der Waals surface area contributed by atoms with Gasteiger partial charge in [0.2, 0.25) is 0 Å². The maximum Gasteiger partial charge on any atom is 0.345 e. The van der Waals surface area contributed by atoms with Gasteiger partial charge in [0.05, 0.1) is 16.6 Å². The van der Waals surface area contributed by atoms with Gasteiger partial charge < -0.3 is 15.7 Å². The van der Waals surface area contributed by atoms with Crippen molar-refractivity contribution in [1.29, 1.82) is 0 Å². The van der Waals surface area contributed by atoms with Crippen LogP contribution in [-0.4, -0.2) is 43.3 Å². The fraction of sp³-hybridized carbons (Fsp3) is 0.0556. The van der Waals surface area contributed by atoms with Gasteiger partial charge in [0.1, 0.15) is 9.71 Å². The molecule has 0 aliphatic heterocycles. The van der Waals surface area contributed by atoms with Gasteiger partial charge in [-0.15, -0.1) is 11.3 Å². The number of anilines is 2. The number of carboxylic acid groups (broad SMARTS) is 1. The number of thiophene rings is 1. The molecule has 11 heteroatoms. The third kappa shape index (κ3) is 3.58. The zero-order valence-corrected chi connectivity index (χ0v) is 15.8. The lowest BCUT2D eigenvalue weighted by Crippen LogP contribution is -2.18. The lowest BCUT2D eigenvalue weighted by molar-refractivity contribution is 0.0701. The van der Waals surface area contributed by atoms with Crippen LogP contribution in [0.3, 0.4) is 0 Å². The Bertz CT molecular complexity index is 1250. The summed E-state index contributed by atoms with van der Waals surface area (Å²) in [6.07, 6.45) is 0. The molecule has 5 N–H and O–H groups in total. The van der Waals surface area contributed by atoms with Crippen LogP contribution in [-0.2, 0) is 0 Å². The Labute approximate surface area is 167 Å². The third-order valence-electron chi connectivity index (χ3n) is 4.06. The molecule has 0 aliphatic carbocycles. The molecule has 4 aromatic rings. The number of nitrogens with one attached hydrogen (secondary N) is 4. The highest BCUT2D eigenvalue weighted by molar-refractivity contribution is 7.20. The number of carbonyl (C=O) groups is 3. The molecule has 10 nitrogen and oxygen atoms in total. The number of nitrogens with zero attached hydrogens (tertiary/aromatic N) is 2. The van der Waals surface area contributed by atoms with Gasteiger partial charge in [-0.2, -0.15) is 10.2 Å².